The lowest BCUT2D eigenvalue weighted by atomic mass is 9.85. The summed E-state index contributed by atoms with van der Waals surface area (Å²) in [4.78, 5) is 17.5. The number of carbonyl (C=O) groups excluding carboxylic acids is 1. The molecule has 5 rings (SSSR count). The monoisotopic (exact) mass is 372 g/mol. The maximum Gasteiger partial charge on any atom is 0.226 e. The van der Waals surface area contributed by atoms with Crippen LogP contribution >= 0.6 is 0 Å². The van der Waals surface area contributed by atoms with Gasteiger partial charge < -0.3 is 10.4 Å². The minimum absolute atomic E-state index is 0.125. The number of allylic oxidation sites excluding steroid dienone is 2. The molecule has 1 aliphatic carbocycles. The summed E-state index contributed by atoms with van der Waals surface area (Å²) in [5, 5.41) is 18.1. The SMILES string of the molecule is Cc1cccc(-c2nc3n(n2)C(c2cccc(O)c2)C2=C(CCCC2=O)N3)c1. The molecule has 1 atom stereocenters. The van der Waals surface area contributed by atoms with Gasteiger partial charge in [0.25, 0.3) is 0 Å². The Hall–Kier alpha value is -3.41. The third-order valence-electron chi connectivity index (χ3n) is 5.33. The third-order valence-corrected chi connectivity index (χ3v) is 5.33. The number of nitrogens with one attached hydrogen (secondary N) is 1. The van der Waals surface area contributed by atoms with Gasteiger partial charge in [-0.15, -0.1) is 5.10 Å². The van der Waals surface area contributed by atoms with Crippen LogP contribution in [0.25, 0.3) is 11.4 Å². The predicted octanol–water partition coefficient (Wildman–Crippen LogP) is 3.98. The molecule has 0 amide bonds. The van der Waals surface area contributed by atoms with Crippen LogP contribution in [0.5, 0.6) is 5.75 Å². The lowest BCUT2D eigenvalue weighted by Crippen LogP contribution is -2.31. The van der Waals surface area contributed by atoms with E-state index < -0.39 is 6.04 Å². The zero-order valence-electron chi connectivity index (χ0n) is 15.5. The molecule has 2 heterocycles. The van der Waals surface area contributed by atoms with Crippen molar-refractivity contribution in [3.63, 3.8) is 0 Å². The first kappa shape index (κ1) is 16.7. The molecule has 1 aliphatic heterocycles. The van der Waals surface area contributed by atoms with Crippen LogP contribution in [0.15, 0.2) is 59.8 Å². The molecule has 6 nitrogen and oxygen atoms in total. The molecule has 3 aromatic rings. The van der Waals surface area contributed by atoms with Gasteiger partial charge in [0.15, 0.2) is 11.6 Å². The van der Waals surface area contributed by atoms with Crippen molar-refractivity contribution in [2.24, 2.45) is 0 Å². The van der Waals surface area contributed by atoms with E-state index in [9.17, 15) is 9.90 Å². The summed E-state index contributed by atoms with van der Waals surface area (Å²) in [6.07, 6.45) is 2.17. The van der Waals surface area contributed by atoms with Gasteiger partial charge in [-0.25, -0.2) is 4.68 Å². The average molecular weight is 372 g/mol. The Balaban J connectivity index is 1.69. The Kier molecular flexibility index (Phi) is 3.79. The van der Waals surface area contributed by atoms with Crippen molar-refractivity contribution < 1.29 is 9.90 Å². The van der Waals surface area contributed by atoms with Crippen molar-refractivity contribution in [1.82, 2.24) is 14.8 Å². The summed E-state index contributed by atoms with van der Waals surface area (Å²) in [6, 6.07) is 14.7. The predicted molar refractivity (Wildman–Crippen MR) is 106 cm³/mol. The van der Waals surface area contributed by atoms with Gasteiger partial charge >= 0.3 is 0 Å². The van der Waals surface area contributed by atoms with Crippen LogP contribution in [-0.2, 0) is 4.79 Å². The second-order valence-corrected chi connectivity index (χ2v) is 7.36. The van der Waals surface area contributed by atoms with Gasteiger partial charge in [-0.1, -0.05) is 35.9 Å². The summed E-state index contributed by atoms with van der Waals surface area (Å²) >= 11 is 0. The number of ketones is 1. The molecule has 140 valence electrons. The quantitative estimate of drug-likeness (QED) is 0.711. The fourth-order valence-corrected chi connectivity index (χ4v) is 4.07. The highest BCUT2D eigenvalue weighted by Crippen LogP contribution is 2.41. The molecule has 2 aliphatic rings. The summed E-state index contributed by atoms with van der Waals surface area (Å²) in [5.74, 6) is 1.53. The number of aromatic nitrogens is 3. The van der Waals surface area contributed by atoms with Gasteiger partial charge in [-0.05, 0) is 43.5 Å². The number of aryl methyl sites for hydroxylation is 1. The van der Waals surface area contributed by atoms with E-state index in [1.54, 1.807) is 22.9 Å². The van der Waals surface area contributed by atoms with Gasteiger partial charge in [0, 0.05) is 23.3 Å². The molecular weight excluding hydrogens is 352 g/mol. The van der Waals surface area contributed by atoms with Crippen LogP contribution < -0.4 is 5.32 Å². The molecule has 0 saturated carbocycles. The fraction of sp³-hybridized carbons (Fsp3) is 0.227. The summed E-state index contributed by atoms with van der Waals surface area (Å²) in [7, 11) is 0. The number of rotatable bonds is 2. The number of carbonyl (C=O) groups is 1. The molecule has 1 unspecified atom stereocenters. The Morgan fingerprint density at radius 3 is 2.82 bits per heavy atom. The highest BCUT2D eigenvalue weighted by molar-refractivity contribution is 5.99. The van der Waals surface area contributed by atoms with E-state index >= 15 is 0 Å². The molecule has 0 radical (unpaired) electrons. The van der Waals surface area contributed by atoms with Gasteiger partial charge in [-0.2, -0.15) is 4.98 Å². The van der Waals surface area contributed by atoms with Crippen LogP contribution in [0.1, 0.15) is 36.4 Å². The lowest BCUT2D eigenvalue weighted by Gasteiger charge is -2.32. The van der Waals surface area contributed by atoms with Crippen molar-refractivity contribution >= 4 is 11.7 Å². The van der Waals surface area contributed by atoms with Crippen molar-refractivity contribution in [3.05, 3.63) is 70.9 Å². The molecule has 28 heavy (non-hydrogen) atoms. The van der Waals surface area contributed by atoms with Gasteiger partial charge in [0.1, 0.15) is 11.8 Å². The molecule has 1 aromatic heterocycles. The summed E-state index contributed by atoms with van der Waals surface area (Å²) < 4.78 is 1.77. The molecule has 0 spiro atoms. The first-order valence-corrected chi connectivity index (χ1v) is 9.46. The highest BCUT2D eigenvalue weighted by Gasteiger charge is 2.37. The van der Waals surface area contributed by atoms with Gasteiger partial charge in [-0.3, -0.25) is 4.79 Å². The number of phenolic OH excluding ortho intramolecular Hbond substituents is 1. The number of anilines is 1. The Morgan fingerprint density at radius 1 is 1.14 bits per heavy atom. The van der Waals surface area contributed by atoms with E-state index in [4.69, 9.17) is 10.1 Å². The van der Waals surface area contributed by atoms with Crippen molar-refractivity contribution in [2.75, 3.05) is 5.32 Å². The second-order valence-electron chi connectivity index (χ2n) is 7.36. The van der Waals surface area contributed by atoms with Crippen molar-refractivity contribution in [1.29, 1.82) is 0 Å². The van der Waals surface area contributed by atoms with Crippen molar-refractivity contribution in [3.8, 4) is 17.1 Å². The zero-order chi connectivity index (χ0) is 19.3. The Labute approximate surface area is 162 Å². The normalized spacial score (nSPS) is 18.5. The standard InChI is InChI=1S/C22H20N4O2/c1-13-5-2-7-15(11-13)21-24-22-23-17-9-4-10-18(28)19(17)20(26(22)25-21)14-6-3-8-16(27)12-14/h2-3,5-8,11-12,20,27H,4,9-10H2,1H3,(H,23,24,25). The lowest BCUT2D eigenvalue weighted by molar-refractivity contribution is -0.116. The van der Waals surface area contributed by atoms with E-state index in [2.05, 4.69) is 5.32 Å². The number of benzene rings is 2. The summed E-state index contributed by atoms with van der Waals surface area (Å²) in [6.45, 7) is 2.03. The number of hydrogen-bond donors (Lipinski definition) is 2. The average Bonchev–Trinajstić information content (AvgIpc) is 3.10. The van der Waals surface area contributed by atoms with E-state index in [1.165, 1.54) is 0 Å². The van der Waals surface area contributed by atoms with Crippen LogP contribution in [0, 0.1) is 6.92 Å². The smallest absolute Gasteiger partial charge is 0.226 e. The summed E-state index contributed by atoms with van der Waals surface area (Å²) in [5.41, 5.74) is 4.54. The number of nitrogens with zero attached hydrogens (tertiary/aromatic N) is 3. The van der Waals surface area contributed by atoms with Crippen LogP contribution in [-0.4, -0.2) is 25.7 Å². The van der Waals surface area contributed by atoms with Crippen LogP contribution in [0.4, 0.5) is 5.95 Å². The Morgan fingerprint density at radius 2 is 2.00 bits per heavy atom. The van der Waals surface area contributed by atoms with Crippen LogP contribution in [0.2, 0.25) is 0 Å². The minimum Gasteiger partial charge on any atom is -0.508 e. The first-order chi connectivity index (χ1) is 13.6. The fourth-order valence-electron chi connectivity index (χ4n) is 4.07. The van der Waals surface area contributed by atoms with E-state index in [-0.39, 0.29) is 11.5 Å². The van der Waals surface area contributed by atoms with E-state index in [0.717, 1.165) is 40.8 Å². The molecule has 0 saturated heterocycles. The topological polar surface area (TPSA) is 80.0 Å². The molecule has 2 N–H and O–H groups in total. The van der Waals surface area contributed by atoms with Gasteiger partial charge in [0.2, 0.25) is 5.95 Å². The highest BCUT2D eigenvalue weighted by atomic mass is 16.3. The van der Waals surface area contributed by atoms with Gasteiger partial charge in [0.05, 0.1) is 0 Å². The first-order valence-electron chi connectivity index (χ1n) is 9.46. The van der Waals surface area contributed by atoms with Crippen molar-refractivity contribution in [2.45, 2.75) is 32.2 Å². The van der Waals surface area contributed by atoms with E-state index in [0.29, 0.717) is 18.2 Å². The number of fused-ring (bicyclic) bond motifs is 1. The van der Waals surface area contributed by atoms with Crippen LogP contribution in [0.3, 0.4) is 0 Å². The Bertz CT molecular complexity index is 1130. The molecule has 0 bridgehead atoms. The third kappa shape index (κ3) is 2.69. The van der Waals surface area contributed by atoms with E-state index in [1.807, 2.05) is 37.3 Å². The number of aromatic hydroxyl groups is 1. The number of hydrogen-bond acceptors (Lipinski definition) is 5. The molecule has 0 fully saturated rings. The maximum absolute atomic E-state index is 12.8. The molecule has 6 heteroatoms. The zero-order valence-corrected chi connectivity index (χ0v) is 15.5. The molecular formula is C22H20N4O2. The minimum atomic E-state index is -0.391. The largest absolute Gasteiger partial charge is 0.508 e. The second kappa shape index (κ2) is 6.34. The number of Topliss-reactive ketones (excluding diaryl/α,β-unsaturated/α-hetero) is 1. The maximum atomic E-state index is 12.8. The number of phenols is 1. The molecule has 2 aromatic carbocycles.